The summed E-state index contributed by atoms with van der Waals surface area (Å²) in [6, 6.07) is 5.80. The molecule has 4 nitrogen and oxygen atoms in total. The second-order valence-corrected chi connectivity index (χ2v) is 5.45. The Labute approximate surface area is 112 Å². The molecule has 4 heteroatoms. The number of piperidine rings is 1. The van der Waals surface area contributed by atoms with Crippen molar-refractivity contribution in [2.75, 3.05) is 25.9 Å². The van der Waals surface area contributed by atoms with Crippen LogP contribution in [0, 0.1) is 0 Å². The summed E-state index contributed by atoms with van der Waals surface area (Å²) in [4.78, 5) is 16.9. The predicted molar refractivity (Wildman–Crippen MR) is 77.6 cm³/mol. The summed E-state index contributed by atoms with van der Waals surface area (Å²) in [6.45, 7) is 2.16. The maximum Gasteiger partial charge on any atom is 0.166 e. The Balaban J connectivity index is 2.09. The normalized spacial score (nSPS) is 17.9. The van der Waals surface area contributed by atoms with Gasteiger partial charge < -0.3 is 15.6 Å². The van der Waals surface area contributed by atoms with E-state index in [0.717, 1.165) is 60.1 Å². The molecule has 2 heterocycles. The highest BCUT2D eigenvalue weighted by molar-refractivity contribution is 5.94. The number of benzene rings is 1. The van der Waals surface area contributed by atoms with Crippen molar-refractivity contribution in [1.29, 1.82) is 0 Å². The number of anilines is 1. The van der Waals surface area contributed by atoms with Gasteiger partial charge in [0.2, 0.25) is 0 Å². The van der Waals surface area contributed by atoms with Crippen molar-refractivity contribution in [3.8, 4) is 0 Å². The van der Waals surface area contributed by atoms with Gasteiger partial charge in [0.15, 0.2) is 6.29 Å². The third-order valence-corrected chi connectivity index (χ3v) is 4.14. The minimum atomic E-state index is 0.451. The zero-order valence-electron chi connectivity index (χ0n) is 11.1. The molecule has 1 aromatic heterocycles. The van der Waals surface area contributed by atoms with Gasteiger partial charge in [-0.15, -0.1) is 0 Å². The number of hydrogen-bond donors (Lipinski definition) is 2. The molecule has 19 heavy (non-hydrogen) atoms. The van der Waals surface area contributed by atoms with Crippen LogP contribution in [0.4, 0.5) is 5.69 Å². The zero-order chi connectivity index (χ0) is 13.4. The number of likely N-dealkylation sites (tertiary alicyclic amines) is 1. The van der Waals surface area contributed by atoms with Gasteiger partial charge in [0, 0.05) is 16.6 Å². The van der Waals surface area contributed by atoms with Crippen molar-refractivity contribution >= 4 is 22.9 Å². The predicted octanol–water partition coefficient (Wildman–Crippen LogP) is 2.37. The Morgan fingerprint density at radius 2 is 2.11 bits per heavy atom. The molecule has 3 N–H and O–H groups in total. The summed E-state index contributed by atoms with van der Waals surface area (Å²) in [6.07, 6.45) is 3.13. The number of hydrogen-bond acceptors (Lipinski definition) is 3. The van der Waals surface area contributed by atoms with Crippen LogP contribution in [-0.4, -0.2) is 36.3 Å². The van der Waals surface area contributed by atoms with Crippen LogP contribution < -0.4 is 5.73 Å². The molecule has 0 aliphatic carbocycles. The largest absolute Gasteiger partial charge is 0.399 e. The van der Waals surface area contributed by atoms with Crippen molar-refractivity contribution < 1.29 is 4.79 Å². The first-order valence-corrected chi connectivity index (χ1v) is 6.74. The average Bonchev–Trinajstić information content (AvgIpc) is 2.77. The quantitative estimate of drug-likeness (QED) is 0.641. The average molecular weight is 257 g/mol. The minimum absolute atomic E-state index is 0.451. The van der Waals surface area contributed by atoms with Crippen LogP contribution in [-0.2, 0) is 0 Å². The summed E-state index contributed by atoms with van der Waals surface area (Å²) in [7, 11) is 2.14. The molecule has 0 spiro atoms. The van der Waals surface area contributed by atoms with Gasteiger partial charge in [0.1, 0.15) is 0 Å². The number of H-pyrrole nitrogens is 1. The first-order chi connectivity index (χ1) is 9.19. The summed E-state index contributed by atoms with van der Waals surface area (Å²) in [5.41, 5.74) is 9.51. The molecule has 1 fully saturated rings. The lowest BCUT2D eigenvalue weighted by molar-refractivity contribution is 0.111. The Morgan fingerprint density at radius 1 is 1.37 bits per heavy atom. The number of fused-ring (bicyclic) bond motifs is 1. The Morgan fingerprint density at radius 3 is 2.79 bits per heavy atom. The van der Waals surface area contributed by atoms with Crippen LogP contribution in [0.5, 0.6) is 0 Å². The molecule has 1 aromatic carbocycles. The molecule has 1 saturated heterocycles. The molecule has 100 valence electrons. The van der Waals surface area contributed by atoms with E-state index in [1.165, 1.54) is 0 Å². The standard InChI is InChI=1S/C15H19N3O/c1-18-6-4-10(5-7-18)15-12-8-11(16)2-3-13(12)17-14(15)9-19/h2-3,8-10,17H,4-7,16H2,1H3. The van der Waals surface area contributed by atoms with E-state index in [0.29, 0.717) is 5.92 Å². The number of aldehydes is 1. The smallest absolute Gasteiger partial charge is 0.166 e. The van der Waals surface area contributed by atoms with Crippen molar-refractivity contribution in [3.05, 3.63) is 29.5 Å². The third-order valence-electron chi connectivity index (χ3n) is 4.14. The first-order valence-electron chi connectivity index (χ1n) is 6.74. The highest BCUT2D eigenvalue weighted by Gasteiger charge is 2.24. The highest BCUT2D eigenvalue weighted by atomic mass is 16.1. The Kier molecular flexibility index (Phi) is 3.03. The van der Waals surface area contributed by atoms with Crippen LogP contribution >= 0.6 is 0 Å². The zero-order valence-corrected chi connectivity index (χ0v) is 11.1. The second-order valence-electron chi connectivity index (χ2n) is 5.45. The van der Waals surface area contributed by atoms with Gasteiger partial charge >= 0.3 is 0 Å². The summed E-state index contributed by atoms with van der Waals surface area (Å²) in [5, 5.41) is 1.11. The van der Waals surface area contributed by atoms with Gasteiger partial charge in [-0.05, 0) is 62.7 Å². The monoisotopic (exact) mass is 257 g/mol. The van der Waals surface area contributed by atoms with E-state index < -0.39 is 0 Å². The Bertz CT molecular complexity index is 609. The number of aromatic amines is 1. The molecule has 1 aliphatic rings. The molecule has 0 unspecified atom stereocenters. The number of nitrogen functional groups attached to an aromatic ring is 1. The lowest BCUT2D eigenvalue weighted by Gasteiger charge is -2.29. The summed E-state index contributed by atoms with van der Waals surface area (Å²) in [5.74, 6) is 0.451. The molecule has 2 aromatic rings. The van der Waals surface area contributed by atoms with Crippen molar-refractivity contribution in [3.63, 3.8) is 0 Å². The molecule has 0 saturated carbocycles. The molecule has 0 atom stereocenters. The maximum absolute atomic E-state index is 11.3. The maximum atomic E-state index is 11.3. The van der Waals surface area contributed by atoms with Gasteiger partial charge in [-0.3, -0.25) is 4.79 Å². The van der Waals surface area contributed by atoms with Crippen LogP contribution in [0.15, 0.2) is 18.2 Å². The summed E-state index contributed by atoms with van der Waals surface area (Å²) < 4.78 is 0. The lowest BCUT2D eigenvalue weighted by Crippen LogP contribution is -2.29. The van der Waals surface area contributed by atoms with Crippen molar-refractivity contribution in [2.45, 2.75) is 18.8 Å². The van der Waals surface area contributed by atoms with Crippen molar-refractivity contribution in [2.24, 2.45) is 0 Å². The fraction of sp³-hybridized carbons (Fsp3) is 0.400. The molecule has 3 rings (SSSR count). The van der Waals surface area contributed by atoms with Crippen molar-refractivity contribution in [1.82, 2.24) is 9.88 Å². The molecule has 0 radical (unpaired) electrons. The van der Waals surface area contributed by atoms with Crippen LogP contribution in [0.2, 0.25) is 0 Å². The highest BCUT2D eigenvalue weighted by Crippen LogP contribution is 2.35. The van der Waals surface area contributed by atoms with Crippen LogP contribution in [0.25, 0.3) is 10.9 Å². The molecule has 1 aliphatic heterocycles. The molecular formula is C15H19N3O. The molecular weight excluding hydrogens is 238 g/mol. The van der Waals surface area contributed by atoms with E-state index in [1.54, 1.807) is 0 Å². The van der Waals surface area contributed by atoms with E-state index >= 15 is 0 Å². The van der Waals surface area contributed by atoms with E-state index in [2.05, 4.69) is 16.9 Å². The van der Waals surface area contributed by atoms with Crippen LogP contribution in [0.1, 0.15) is 34.8 Å². The Hall–Kier alpha value is -1.81. The number of carbonyl (C=O) groups excluding carboxylic acids is 1. The number of nitrogens with one attached hydrogen (secondary N) is 1. The molecule has 0 bridgehead atoms. The lowest BCUT2D eigenvalue weighted by atomic mass is 9.87. The van der Waals surface area contributed by atoms with Gasteiger partial charge in [0.05, 0.1) is 5.69 Å². The third kappa shape index (κ3) is 2.12. The number of nitrogens with two attached hydrogens (primary N) is 1. The second kappa shape index (κ2) is 4.70. The first kappa shape index (κ1) is 12.2. The van der Waals surface area contributed by atoms with Gasteiger partial charge in [-0.25, -0.2) is 0 Å². The fourth-order valence-electron chi connectivity index (χ4n) is 3.08. The minimum Gasteiger partial charge on any atom is -0.399 e. The summed E-state index contributed by atoms with van der Waals surface area (Å²) >= 11 is 0. The number of aromatic nitrogens is 1. The van der Waals surface area contributed by atoms with Crippen LogP contribution in [0.3, 0.4) is 0 Å². The number of nitrogens with zero attached hydrogens (tertiary/aromatic N) is 1. The van der Waals surface area contributed by atoms with Gasteiger partial charge in [-0.2, -0.15) is 0 Å². The van der Waals surface area contributed by atoms with Gasteiger partial charge in [0.25, 0.3) is 0 Å². The van der Waals surface area contributed by atoms with Gasteiger partial charge in [-0.1, -0.05) is 0 Å². The number of carbonyl (C=O) groups is 1. The van der Waals surface area contributed by atoms with E-state index in [4.69, 9.17) is 5.73 Å². The van der Waals surface area contributed by atoms with E-state index in [1.807, 2.05) is 18.2 Å². The molecule has 0 amide bonds. The topological polar surface area (TPSA) is 62.1 Å². The number of rotatable bonds is 2. The SMILES string of the molecule is CN1CCC(c2c(C=O)[nH]c3ccc(N)cc23)CC1. The van der Waals surface area contributed by atoms with E-state index in [9.17, 15) is 4.79 Å². The van der Waals surface area contributed by atoms with E-state index in [-0.39, 0.29) is 0 Å². The fourth-order valence-corrected chi connectivity index (χ4v) is 3.08.